The third-order valence-corrected chi connectivity index (χ3v) is 4.12. The Labute approximate surface area is 116 Å². The van der Waals surface area contributed by atoms with Crippen molar-refractivity contribution in [1.29, 1.82) is 0 Å². The fourth-order valence-corrected chi connectivity index (χ4v) is 2.68. The van der Waals surface area contributed by atoms with Gasteiger partial charge in [0.05, 0.1) is 0 Å². The monoisotopic (exact) mass is 259 g/mol. The molecule has 1 saturated heterocycles. The number of carbonyl (C=O) groups is 1. The van der Waals surface area contributed by atoms with Crippen LogP contribution in [0.3, 0.4) is 0 Å². The molecule has 1 aliphatic rings. The van der Waals surface area contributed by atoms with E-state index in [1.54, 1.807) is 0 Å². The molecule has 104 valence electrons. The van der Waals surface area contributed by atoms with Gasteiger partial charge in [-0.15, -0.1) is 0 Å². The lowest BCUT2D eigenvalue weighted by atomic mass is 10.0. The highest BCUT2D eigenvalue weighted by molar-refractivity contribution is 5.76. The van der Waals surface area contributed by atoms with Crippen LogP contribution in [0.1, 0.15) is 43.7 Å². The largest absolute Gasteiger partial charge is 0.343 e. The second-order valence-electron chi connectivity index (χ2n) is 5.90. The molecule has 0 N–H and O–H groups in total. The van der Waals surface area contributed by atoms with Gasteiger partial charge in [-0.3, -0.25) is 4.79 Å². The number of carbonyl (C=O) groups excluding carboxylic acids is 1. The van der Waals surface area contributed by atoms with Gasteiger partial charge in [0.25, 0.3) is 0 Å². The molecule has 0 aromatic heterocycles. The third kappa shape index (κ3) is 4.38. The molecule has 0 spiro atoms. The summed E-state index contributed by atoms with van der Waals surface area (Å²) < 4.78 is 0. The summed E-state index contributed by atoms with van der Waals surface area (Å²) in [5, 5.41) is 0. The van der Waals surface area contributed by atoms with Gasteiger partial charge in [-0.05, 0) is 44.1 Å². The zero-order valence-corrected chi connectivity index (χ0v) is 12.2. The van der Waals surface area contributed by atoms with Gasteiger partial charge in [-0.25, -0.2) is 0 Å². The minimum Gasteiger partial charge on any atom is -0.343 e. The van der Waals surface area contributed by atoms with Crippen LogP contribution in [0.5, 0.6) is 0 Å². The van der Waals surface area contributed by atoms with Gasteiger partial charge in [-0.1, -0.05) is 36.8 Å². The number of amides is 1. The average molecular weight is 259 g/mol. The Morgan fingerprint density at radius 3 is 2.68 bits per heavy atom. The number of aryl methyl sites for hydroxylation is 2. The van der Waals surface area contributed by atoms with Crippen LogP contribution in [0, 0.1) is 12.8 Å². The molecule has 2 rings (SSSR count). The Morgan fingerprint density at radius 2 is 1.95 bits per heavy atom. The first-order valence-corrected chi connectivity index (χ1v) is 7.48. The predicted molar refractivity (Wildman–Crippen MR) is 79.1 cm³/mol. The Bertz CT molecular complexity index is 410. The summed E-state index contributed by atoms with van der Waals surface area (Å²) in [6, 6.07) is 8.50. The molecular formula is C17H25NO. The second-order valence-corrected chi connectivity index (χ2v) is 5.90. The maximum Gasteiger partial charge on any atom is 0.222 e. The first-order chi connectivity index (χ1) is 9.15. The zero-order valence-electron chi connectivity index (χ0n) is 12.2. The van der Waals surface area contributed by atoms with Crippen LogP contribution in [0.15, 0.2) is 24.3 Å². The molecule has 1 heterocycles. The second kappa shape index (κ2) is 6.74. The maximum absolute atomic E-state index is 12.2. The van der Waals surface area contributed by atoms with Gasteiger partial charge >= 0.3 is 0 Å². The molecule has 1 amide bonds. The number of benzene rings is 1. The van der Waals surface area contributed by atoms with Crippen molar-refractivity contribution in [3.05, 3.63) is 35.4 Å². The van der Waals surface area contributed by atoms with Crippen molar-refractivity contribution in [3.8, 4) is 0 Å². The minimum atomic E-state index is 0.328. The summed E-state index contributed by atoms with van der Waals surface area (Å²) in [7, 11) is 0. The molecule has 1 aromatic carbocycles. The number of hydrogen-bond acceptors (Lipinski definition) is 1. The number of hydrogen-bond donors (Lipinski definition) is 0. The lowest BCUT2D eigenvalue weighted by Gasteiger charge is -2.20. The fraction of sp³-hybridized carbons (Fsp3) is 0.588. The summed E-state index contributed by atoms with van der Waals surface area (Å²) >= 11 is 0. The molecule has 0 saturated carbocycles. The van der Waals surface area contributed by atoms with E-state index in [4.69, 9.17) is 0 Å². The van der Waals surface area contributed by atoms with Crippen molar-refractivity contribution in [2.45, 2.75) is 46.0 Å². The van der Waals surface area contributed by atoms with Gasteiger partial charge in [0, 0.05) is 19.5 Å². The topological polar surface area (TPSA) is 20.3 Å². The molecule has 0 aliphatic carbocycles. The molecule has 1 aromatic rings. The Hall–Kier alpha value is -1.31. The van der Waals surface area contributed by atoms with E-state index in [-0.39, 0.29) is 0 Å². The first kappa shape index (κ1) is 14.1. The number of rotatable bonds is 3. The Morgan fingerprint density at radius 1 is 1.21 bits per heavy atom. The van der Waals surface area contributed by atoms with E-state index in [0.29, 0.717) is 12.3 Å². The fourth-order valence-electron chi connectivity index (χ4n) is 2.68. The van der Waals surface area contributed by atoms with Crippen LogP contribution in [0.2, 0.25) is 0 Å². The summed E-state index contributed by atoms with van der Waals surface area (Å²) in [6.45, 7) is 6.29. The van der Waals surface area contributed by atoms with Crippen molar-refractivity contribution >= 4 is 5.91 Å². The normalized spacial score (nSPS) is 20.1. The molecule has 0 bridgehead atoms. The van der Waals surface area contributed by atoms with Crippen LogP contribution in [-0.2, 0) is 11.2 Å². The minimum absolute atomic E-state index is 0.328. The molecule has 2 nitrogen and oxygen atoms in total. The van der Waals surface area contributed by atoms with Crippen LogP contribution in [0.4, 0.5) is 0 Å². The van der Waals surface area contributed by atoms with Gasteiger partial charge in [0.15, 0.2) is 0 Å². The van der Waals surface area contributed by atoms with Crippen molar-refractivity contribution in [2.75, 3.05) is 13.1 Å². The smallest absolute Gasteiger partial charge is 0.222 e. The van der Waals surface area contributed by atoms with Crippen LogP contribution >= 0.6 is 0 Å². The van der Waals surface area contributed by atoms with Gasteiger partial charge in [-0.2, -0.15) is 0 Å². The van der Waals surface area contributed by atoms with E-state index in [9.17, 15) is 4.79 Å². The Kier molecular flexibility index (Phi) is 5.00. The molecular weight excluding hydrogens is 234 g/mol. The van der Waals surface area contributed by atoms with E-state index in [0.717, 1.165) is 38.3 Å². The SMILES string of the molecule is Cc1ccc(CCC(=O)N2CCCC(C)CC2)cc1. The highest BCUT2D eigenvalue weighted by atomic mass is 16.2. The van der Waals surface area contributed by atoms with E-state index in [1.165, 1.54) is 17.5 Å². The van der Waals surface area contributed by atoms with E-state index < -0.39 is 0 Å². The number of likely N-dealkylation sites (tertiary alicyclic amines) is 1. The summed E-state index contributed by atoms with van der Waals surface area (Å²) in [4.78, 5) is 14.3. The summed E-state index contributed by atoms with van der Waals surface area (Å²) in [6.07, 6.45) is 5.11. The van der Waals surface area contributed by atoms with Gasteiger partial charge in [0.1, 0.15) is 0 Å². The summed E-state index contributed by atoms with van der Waals surface area (Å²) in [5.74, 6) is 1.10. The van der Waals surface area contributed by atoms with Crippen LogP contribution < -0.4 is 0 Å². The summed E-state index contributed by atoms with van der Waals surface area (Å²) in [5.41, 5.74) is 2.54. The molecule has 19 heavy (non-hydrogen) atoms. The molecule has 1 fully saturated rings. The van der Waals surface area contributed by atoms with Crippen LogP contribution in [0.25, 0.3) is 0 Å². The molecule has 2 heteroatoms. The van der Waals surface area contributed by atoms with Crippen molar-refractivity contribution in [1.82, 2.24) is 4.90 Å². The molecule has 1 unspecified atom stereocenters. The molecule has 1 aliphatic heterocycles. The van der Waals surface area contributed by atoms with Crippen LogP contribution in [-0.4, -0.2) is 23.9 Å². The zero-order chi connectivity index (χ0) is 13.7. The van der Waals surface area contributed by atoms with Gasteiger partial charge < -0.3 is 4.90 Å². The average Bonchev–Trinajstić information content (AvgIpc) is 2.63. The van der Waals surface area contributed by atoms with Crippen molar-refractivity contribution < 1.29 is 4.79 Å². The maximum atomic E-state index is 12.2. The molecule has 0 radical (unpaired) electrons. The van der Waals surface area contributed by atoms with E-state index >= 15 is 0 Å². The van der Waals surface area contributed by atoms with Crippen molar-refractivity contribution in [2.24, 2.45) is 5.92 Å². The predicted octanol–water partition coefficient (Wildman–Crippen LogP) is 3.58. The lowest BCUT2D eigenvalue weighted by molar-refractivity contribution is -0.131. The number of nitrogens with zero attached hydrogens (tertiary/aromatic N) is 1. The standard InChI is InChI=1S/C17H25NO/c1-14-4-3-12-18(13-11-14)17(19)10-9-16-7-5-15(2)6-8-16/h5-8,14H,3-4,9-13H2,1-2H3. The Balaban J connectivity index is 1.82. The van der Waals surface area contributed by atoms with Gasteiger partial charge in [0.2, 0.25) is 5.91 Å². The third-order valence-electron chi connectivity index (χ3n) is 4.12. The van der Waals surface area contributed by atoms with E-state index in [2.05, 4.69) is 43.0 Å². The highest BCUT2D eigenvalue weighted by Gasteiger charge is 2.17. The highest BCUT2D eigenvalue weighted by Crippen LogP contribution is 2.17. The quantitative estimate of drug-likeness (QED) is 0.812. The lowest BCUT2D eigenvalue weighted by Crippen LogP contribution is -2.32. The van der Waals surface area contributed by atoms with E-state index in [1.807, 2.05) is 0 Å². The molecule has 1 atom stereocenters. The van der Waals surface area contributed by atoms with Crippen molar-refractivity contribution in [3.63, 3.8) is 0 Å². The first-order valence-electron chi connectivity index (χ1n) is 7.48.